The van der Waals surface area contributed by atoms with Gasteiger partial charge in [-0.3, -0.25) is 4.79 Å². The predicted molar refractivity (Wildman–Crippen MR) is 76.9 cm³/mol. The molecule has 1 aromatic rings. The van der Waals surface area contributed by atoms with Crippen molar-refractivity contribution in [3.05, 3.63) is 30.3 Å². The zero-order chi connectivity index (χ0) is 13.1. The number of hydrogen-bond donors (Lipinski definition) is 2. The van der Waals surface area contributed by atoms with Gasteiger partial charge in [0.2, 0.25) is 5.91 Å². The fourth-order valence-corrected chi connectivity index (χ4v) is 1.31. The molecule has 1 rings (SSSR count). The SMILES string of the molecule is COCCNCC(=O)NCCOc1ccccc1.Cl. The number of ether oxygens (including phenoxy) is 2. The van der Waals surface area contributed by atoms with Crippen molar-refractivity contribution in [2.45, 2.75) is 0 Å². The zero-order valence-corrected chi connectivity index (χ0v) is 11.9. The van der Waals surface area contributed by atoms with Gasteiger partial charge in [0.25, 0.3) is 0 Å². The first kappa shape index (κ1) is 17.7. The van der Waals surface area contributed by atoms with Crippen LogP contribution in [-0.4, -0.2) is 45.9 Å². The van der Waals surface area contributed by atoms with Gasteiger partial charge in [-0.1, -0.05) is 18.2 Å². The number of amides is 1. The van der Waals surface area contributed by atoms with Crippen LogP contribution < -0.4 is 15.4 Å². The summed E-state index contributed by atoms with van der Waals surface area (Å²) in [7, 11) is 1.63. The second kappa shape index (κ2) is 11.8. The Balaban J connectivity index is 0.00000324. The Hall–Kier alpha value is -1.30. The van der Waals surface area contributed by atoms with E-state index in [4.69, 9.17) is 9.47 Å². The van der Waals surface area contributed by atoms with E-state index in [1.54, 1.807) is 7.11 Å². The van der Waals surface area contributed by atoms with Gasteiger partial charge in [0, 0.05) is 13.7 Å². The summed E-state index contributed by atoms with van der Waals surface area (Å²) in [6.45, 7) is 2.54. The Morgan fingerprint density at radius 2 is 1.89 bits per heavy atom. The molecular weight excluding hydrogens is 268 g/mol. The Kier molecular flexibility index (Phi) is 11.0. The summed E-state index contributed by atoms with van der Waals surface area (Å²) in [5.74, 6) is 0.771. The molecule has 2 N–H and O–H groups in total. The molecule has 0 aliphatic rings. The normalized spacial score (nSPS) is 9.53. The molecule has 0 spiro atoms. The Morgan fingerprint density at radius 1 is 1.16 bits per heavy atom. The monoisotopic (exact) mass is 288 g/mol. The summed E-state index contributed by atoms with van der Waals surface area (Å²) in [4.78, 5) is 11.3. The lowest BCUT2D eigenvalue weighted by atomic mass is 10.3. The molecule has 0 heterocycles. The molecule has 108 valence electrons. The number of para-hydroxylation sites is 1. The van der Waals surface area contributed by atoms with Gasteiger partial charge in [-0.05, 0) is 12.1 Å². The minimum Gasteiger partial charge on any atom is -0.492 e. The van der Waals surface area contributed by atoms with Crippen molar-refractivity contribution in [1.82, 2.24) is 10.6 Å². The summed E-state index contributed by atoms with van der Waals surface area (Å²) in [6.07, 6.45) is 0. The average Bonchev–Trinajstić information content (AvgIpc) is 2.41. The van der Waals surface area contributed by atoms with E-state index in [0.29, 0.717) is 32.8 Å². The summed E-state index contributed by atoms with van der Waals surface area (Å²) >= 11 is 0. The standard InChI is InChI=1S/C13H20N2O3.ClH/c1-17-9-7-14-11-13(16)15-8-10-18-12-5-3-2-4-6-12;/h2-6,14H,7-11H2,1H3,(H,15,16);1H. The van der Waals surface area contributed by atoms with Crippen LogP contribution in [0.3, 0.4) is 0 Å². The molecule has 19 heavy (non-hydrogen) atoms. The minimum atomic E-state index is -0.0391. The van der Waals surface area contributed by atoms with Crippen LogP contribution in [0, 0.1) is 0 Å². The van der Waals surface area contributed by atoms with Gasteiger partial charge in [0.15, 0.2) is 0 Å². The Morgan fingerprint density at radius 3 is 2.58 bits per heavy atom. The van der Waals surface area contributed by atoms with Gasteiger partial charge in [-0.25, -0.2) is 0 Å². The number of halogens is 1. The molecule has 0 saturated heterocycles. The van der Waals surface area contributed by atoms with Crippen molar-refractivity contribution in [1.29, 1.82) is 0 Å². The quantitative estimate of drug-likeness (QED) is 0.661. The molecule has 0 aliphatic carbocycles. The minimum absolute atomic E-state index is 0. The van der Waals surface area contributed by atoms with Gasteiger partial charge in [0.05, 0.1) is 19.7 Å². The van der Waals surface area contributed by atoms with E-state index in [1.807, 2.05) is 30.3 Å². The molecule has 0 saturated carbocycles. The second-order valence-electron chi connectivity index (χ2n) is 3.68. The summed E-state index contributed by atoms with van der Waals surface area (Å²) in [5.41, 5.74) is 0. The number of methoxy groups -OCH3 is 1. The lowest BCUT2D eigenvalue weighted by Gasteiger charge is -2.08. The molecule has 0 radical (unpaired) electrons. The molecule has 5 nitrogen and oxygen atoms in total. The maximum Gasteiger partial charge on any atom is 0.234 e. The van der Waals surface area contributed by atoms with Crippen molar-refractivity contribution in [2.24, 2.45) is 0 Å². The van der Waals surface area contributed by atoms with Crippen molar-refractivity contribution in [2.75, 3.05) is 40.0 Å². The van der Waals surface area contributed by atoms with Gasteiger partial charge in [-0.2, -0.15) is 0 Å². The Labute approximate surface area is 120 Å². The number of rotatable bonds is 9. The topological polar surface area (TPSA) is 59.6 Å². The van der Waals surface area contributed by atoms with Gasteiger partial charge >= 0.3 is 0 Å². The van der Waals surface area contributed by atoms with Crippen molar-refractivity contribution >= 4 is 18.3 Å². The van der Waals surface area contributed by atoms with Crippen molar-refractivity contribution < 1.29 is 14.3 Å². The van der Waals surface area contributed by atoms with E-state index < -0.39 is 0 Å². The molecular formula is C13H21ClN2O3. The maximum absolute atomic E-state index is 11.3. The van der Waals surface area contributed by atoms with Crippen LogP contribution in [0.1, 0.15) is 0 Å². The molecule has 0 unspecified atom stereocenters. The van der Waals surface area contributed by atoms with E-state index in [2.05, 4.69) is 10.6 Å². The van der Waals surface area contributed by atoms with Crippen molar-refractivity contribution in [3.8, 4) is 5.75 Å². The first-order valence-corrected chi connectivity index (χ1v) is 5.97. The van der Waals surface area contributed by atoms with E-state index in [0.717, 1.165) is 5.75 Å². The fraction of sp³-hybridized carbons (Fsp3) is 0.462. The Bertz CT molecular complexity index is 336. The van der Waals surface area contributed by atoms with Crippen LogP contribution in [0.15, 0.2) is 30.3 Å². The first-order valence-electron chi connectivity index (χ1n) is 5.97. The van der Waals surface area contributed by atoms with Crippen LogP contribution in [0.4, 0.5) is 0 Å². The third kappa shape index (κ3) is 9.30. The van der Waals surface area contributed by atoms with Crippen molar-refractivity contribution in [3.63, 3.8) is 0 Å². The van der Waals surface area contributed by atoms with E-state index in [9.17, 15) is 4.79 Å². The summed E-state index contributed by atoms with van der Waals surface area (Å²) < 4.78 is 10.3. The average molecular weight is 289 g/mol. The van der Waals surface area contributed by atoms with Crippen LogP contribution >= 0.6 is 12.4 Å². The molecule has 0 aliphatic heterocycles. The van der Waals surface area contributed by atoms with Crippen LogP contribution in [0.5, 0.6) is 5.75 Å². The number of hydrogen-bond acceptors (Lipinski definition) is 4. The molecule has 6 heteroatoms. The summed E-state index contributed by atoms with van der Waals surface area (Å²) in [5, 5.41) is 5.73. The second-order valence-corrected chi connectivity index (χ2v) is 3.68. The number of carbonyl (C=O) groups is 1. The molecule has 0 fully saturated rings. The lowest BCUT2D eigenvalue weighted by Crippen LogP contribution is -2.37. The third-order valence-corrected chi connectivity index (χ3v) is 2.20. The first-order chi connectivity index (χ1) is 8.83. The van der Waals surface area contributed by atoms with Crippen LogP contribution in [0.2, 0.25) is 0 Å². The van der Waals surface area contributed by atoms with Gasteiger partial charge < -0.3 is 20.1 Å². The number of benzene rings is 1. The van der Waals surface area contributed by atoms with Crippen LogP contribution in [0.25, 0.3) is 0 Å². The molecule has 1 amide bonds. The highest BCUT2D eigenvalue weighted by molar-refractivity contribution is 5.85. The van der Waals surface area contributed by atoms with E-state index in [-0.39, 0.29) is 18.3 Å². The third-order valence-electron chi connectivity index (χ3n) is 2.20. The van der Waals surface area contributed by atoms with E-state index in [1.165, 1.54) is 0 Å². The van der Waals surface area contributed by atoms with Gasteiger partial charge in [-0.15, -0.1) is 12.4 Å². The largest absolute Gasteiger partial charge is 0.492 e. The number of carbonyl (C=O) groups excluding carboxylic acids is 1. The molecule has 0 aromatic heterocycles. The fourth-order valence-electron chi connectivity index (χ4n) is 1.31. The summed E-state index contributed by atoms with van der Waals surface area (Å²) in [6, 6.07) is 9.52. The number of nitrogens with one attached hydrogen (secondary N) is 2. The van der Waals surface area contributed by atoms with Gasteiger partial charge in [0.1, 0.15) is 12.4 Å². The lowest BCUT2D eigenvalue weighted by molar-refractivity contribution is -0.120. The molecule has 0 atom stereocenters. The molecule has 1 aromatic carbocycles. The predicted octanol–water partition coefficient (Wildman–Crippen LogP) is 0.839. The highest BCUT2D eigenvalue weighted by atomic mass is 35.5. The highest BCUT2D eigenvalue weighted by Crippen LogP contribution is 2.07. The smallest absolute Gasteiger partial charge is 0.234 e. The maximum atomic E-state index is 11.3. The highest BCUT2D eigenvalue weighted by Gasteiger charge is 1.99. The van der Waals surface area contributed by atoms with E-state index >= 15 is 0 Å². The molecule has 0 bridgehead atoms. The van der Waals surface area contributed by atoms with Crippen LogP contribution in [-0.2, 0) is 9.53 Å². The zero-order valence-electron chi connectivity index (χ0n) is 11.1.